The smallest absolute Gasteiger partial charge is 0.419 e. The maximum Gasteiger partial charge on any atom is 0.419 e. The number of pyridine rings is 1. The molecule has 0 radical (unpaired) electrons. The number of para-hydroxylation sites is 1. The summed E-state index contributed by atoms with van der Waals surface area (Å²) in [6.07, 6.45) is 2.89. The van der Waals surface area contributed by atoms with Gasteiger partial charge >= 0.3 is 12.1 Å². The third kappa shape index (κ3) is 5.81. The number of rotatable bonds is 8. The van der Waals surface area contributed by atoms with Gasteiger partial charge in [-0.3, -0.25) is 9.78 Å². The second-order valence-electron chi connectivity index (χ2n) is 8.08. The second kappa shape index (κ2) is 11.7. The molecule has 0 aliphatic carbocycles. The van der Waals surface area contributed by atoms with Gasteiger partial charge in [-0.2, -0.15) is 0 Å². The fourth-order valence-electron chi connectivity index (χ4n) is 3.91. The number of anilines is 2. The molecule has 9 heteroatoms. The number of esters is 1. The predicted octanol–water partition coefficient (Wildman–Crippen LogP) is 6.77. The summed E-state index contributed by atoms with van der Waals surface area (Å²) >= 11 is 6.47. The number of hydrogen-bond acceptors (Lipinski definition) is 7. The van der Waals surface area contributed by atoms with Gasteiger partial charge in [0.15, 0.2) is 5.76 Å². The normalized spacial score (nSPS) is 10.7. The minimum atomic E-state index is -0.602. The standard InChI is InChI=1S/C28H26ClN3O5/c1-4-35-25(33)14-19-13-22(17-30-16-19)20-9-8-10-21(15-20)27-26(18(3)31-37-27)32(28(34)36-5-2)24-12-7-6-11-23(24)29/h6-13,15-17H,4-5,14H2,1-3H3. The van der Waals surface area contributed by atoms with Crippen molar-refractivity contribution in [1.29, 1.82) is 0 Å². The highest BCUT2D eigenvalue weighted by molar-refractivity contribution is 6.34. The van der Waals surface area contributed by atoms with Crippen LogP contribution in [-0.2, 0) is 20.7 Å². The SMILES string of the molecule is CCOC(=O)Cc1cncc(-c2cccc(-c3onc(C)c3N(C(=O)OCC)c3ccccc3Cl)c2)c1. The van der Waals surface area contributed by atoms with Crippen LogP contribution >= 0.6 is 11.6 Å². The van der Waals surface area contributed by atoms with Gasteiger partial charge in [0.2, 0.25) is 0 Å². The van der Waals surface area contributed by atoms with Crippen molar-refractivity contribution in [3.05, 3.63) is 83.3 Å². The molecule has 2 heterocycles. The Hall–Kier alpha value is -4.17. The fourth-order valence-corrected chi connectivity index (χ4v) is 4.13. The predicted molar refractivity (Wildman–Crippen MR) is 141 cm³/mol. The molecule has 0 saturated heterocycles. The van der Waals surface area contributed by atoms with E-state index >= 15 is 0 Å². The van der Waals surface area contributed by atoms with Crippen LogP contribution in [0, 0.1) is 6.92 Å². The van der Waals surface area contributed by atoms with Crippen molar-refractivity contribution in [2.75, 3.05) is 18.1 Å². The Morgan fingerprint density at radius 3 is 2.46 bits per heavy atom. The van der Waals surface area contributed by atoms with E-state index in [9.17, 15) is 9.59 Å². The lowest BCUT2D eigenvalue weighted by molar-refractivity contribution is -0.142. The molecule has 190 valence electrons. The first-order chi connectivity index (χ1) is 17.9. The monoisotopic (exact) mass is 519 g/mol. The Bertz CT molecular complexity index is 1420. The number of carbonyl (C=O) groups excluding carboxylic acids is 2. The highest BCUT2D eigenvalue weighted by atomic mass is 35.5. The molecule has 1 amide bonds. The van der Waals surface area contributed by atoms with E-state index < -0.39 is 6.09 Å². The summed E-state index contributed by atoms with van der Waals surface area (Å²) in [4.78, 5) is 30.7. The van der Waals surface area contributed by atoms with Gasteiger partial charge < -0.3 is 14.0 Å². The summed E-state index contributed by atoms with van der Waals surface area (Å²) in [5.74, 6) is 0.0681. The minimum Gasteiger partial charge on any atom is -0.466 e. The van der Waals surface area contributed by atoms with Gasteiger partial charge in [-0.1, -0.05) is 47.1 Å². The quantitative estimate of drug-likeness (QED) is 0.237. The van der Waals surface area contributed by atoms with E-state index in [4.69, 9.17) is 25.6 Å². The van der Waals surface area contributed by atoms with Crippen LogP contribution in [0.15, 0.2) is 71.5 Å². The van der Waals surface area contributed by atoms with Crippen LogP contribution in [-0.4, -0.2) is 35.4 Å². The number of carbonyl (C=O) groups is 2. The summed E-state index contributed by atoms with van der Waals surface area (Å²) in [5, 5.41) is 4.52. The molecular weight excluding hydrogens is 494 g/mol. The fraction of sp³-hybridized carbons (Fsp3) is 0.214. The molecule has 0 aliphatic rings. The lowest BCUT2D eigenvalue weighted by Crippen LogP contribution is -2.27. The minimum absolute atomic E-state index is 0.131. The highest BCUT2D eigenvalue weighted by Crippen LogP contribution is 2.41. The topological polar surface area (TPSA) is 94.8 Å². The van der Waals surface area contributed by atoms with Crippen LogP contribution in [0.2, 0.25) is 5.02 Å². The van der Waals surface area contributed by atoms with Crippen molar-refractivity contribution in [2.45, 2.75) is 27.2 Å². The van der Waals surface area contributed by atoms with E-state index in [2.05, 4.69) is 10.1 Å². The van der Waals surface area contributed by atoms with Gasteiger partial charge in [-0.15, -0.1) is 0 Å². The number of aryl methyl sites for hydroxylation is 1. The summed E-state index contributed by atoms with van der Waals surface area (Å²) < 4.78 is 16.1. The molecule has 0 saturated carbocycles. The number of ether oxygens (including phenoxy) is 2. The molecule has 4 aromatic rings. The Morgan fingerprint density at radius 1 is 0.946 bits per heavy atom. The number of hydrogen-bond donors (Lipinski definition) is 0. The van der Waals surface area contributed by atoms with E-state index in [1.807, 2.05) is 30.3 Å². The van der Waals surface area contributed by atoms with E-state index in [0.717, 1.165) is 16.7 Å². The molecule has 0 unspecified atom stereocenters. The first-order valence-electron chi connectivity index (χ1n) is 11.8. The van der Waals surface area contributed by atoms with Crippen molar-refractivity contribution in [2.24, 2.45) is 0 Å². The first kappa shape index (κ1) is 25.9. The second-order valence-corrected chi connectivity index (χ2v) is 8.48. The Kier molecular flexibility index (Phi) is 8.20. The molecule has 0 N–H and O–H groups in total. The maximum atomic E-state index is 13.1. The Balaban J connectivity index is 1.76. The third-order valence-electron chi connectivity index (χ3n) is 5.51. The number of amides is 1. The lowest BCUT2D eigenvalue weighted by atomic mass is 10.0. The van der Waals surface area contributed by atoms with E-state index in [-0.39, 0.29) is 19.0 Å². The number of aromatic nitrogens is 2. The van der Waals surface area contributed by atoms with Crippen LogP contribution in [0.3, 0.4) is 0 Å². The average Bonchev–Trinajstić information content (AvgIpc) is 3.27. The van der Waals surface area contributed by atoms with E-state index in [0.29, 0.717) is 40.0 Å². The van der Waals surface area contributed by atoms with Gasteiger partial charge in [0, 0.05) is 23.5 Å². The van der Waals surface area contributed by atoms with Gasteiger partial charge in [0.1, 0.15) is 11.4 Å². The third-order valence-corrected chi connectivity index (χ3v) is 5.83. The molecule has 2 aromatic carbocycles. The Labute approximate surface area is 219 Å². The van der Waals surface area contributed by atoms with Crippen molar-refractivity contribution < 1.29 is 23.6 Å². The van der Waals surface area contributed by atoms with Crippen LogP contribution in [0.5, 0.6) is 0 Å². The molecule has 8 nitrogen and oxygen atoms in total. The van der Waals surface area contributed by atoms with Crippen molar-refractivity contribution >= 4 is 35.0 Å². The zero-order valence-electron chi connectivity index (χ0n) is 20.7. The van der Waals surface area contributed by atoms with Crippen LogP contribution in [0.4, 0.5) is 16.2 Å². The summed E-state index contributed by atoms with van der Waals surface area (Å²) in [7, 11) is 0. The number of halogens is 1. The van der Waals surface area contributed by atoms with Crippen molar-refractivity contribution in [1.82, 2.24) is 10.1 Å². The van der Waals surface area contributed by atoms with Gasteiger partial charge in [-0.25, -0.2) is 9.69 Å². The number of benzene rings is 2. The van der Waals surface area contributed by atoms with Crippen molar-refractivity contribution in [3.8, 4) is 22.5 Å². The van der Waals surface area contributed by atoms with E-state index in [1.54, 1.807) is 57.4 Å². The highest BCUT2D eigenvalue weighted by Gasteiger charge is 2.30. The molecule has 4 rings (SSSR count). The van der Waals surface area contributed by atoms with Gasteiger partial charge in [0.25, 0.3) is 0 Å². The largest absolute Gasteiger partial charge is 0.466 e. The van der Waals surface area contributed by atoms with Crippen LogP contribution in [0.25, 0.3) is 22.5 Å². The van der Waals surface area contributed by atoms with E-state index in [1.165, 1.54) is 4.90 Å². The maximum absolute atomic E-state index is 13.1. The Morgan fingerprint density at radius 2 is 1.70 bits per heavy atom. The zero-order valence-corrected chi connectivity index (χ0v) is 21.5. The zero-order chi connectivity index (χ0) is 26.4. The summed E-state index contributed by atoms with van der Waals surface area (Å²) in [6, 6.07) is 16.4. The summed E-state index contributed by atoms with van der Waals surface area (Å²) in [6.45, 7) is 5.76. The molecule has 37 heavy (non-hydrogen) atoms. The lowest BCUT2D eigenvalue weighted by Gasteiger charge is -2.23. The van der Waals surface area contributed by atoms with Crippen LogP contribution in [0.1, 0.15) is 25.1 Å². The molecule has 0 atom stereocenters. The van der Waals surface area contributed by atoms with Crippen LogP contribution < -0.4 is 4.90 Å². The summed E-state index contributed by atoms with van der Waals surface area (Å²) in [5.41, 5.74) is 4.45. The molecule has 0 bridgehead atoms. The molecule has 2 aromatic heterocycles. The molecular formula is C28H26ClN3O5. The molecule has 0 fully saturated rings. The molecule has 0 aliphatic heterocycles. The van der Waals surface area contributed by atoms with Crippen molar-refractivity contribution in [3.63, 3.8) is 0 Å². The average molecular weight is 520 g/mol. The van der Waals surface area contributed by atoms with Gasteiger partial charge in [0.05, 0.1) is 30.3 Å². The number of nitrogens with zero attached hydrogens (tertiary/aromatic N) is 3. The molecule has 0 spiro atoms. The van der Waals surface area contributed by atoms with Gasteiger partial charge in [-0.05, 0) is 56.2 Å². The first-order valence-corrected chi connectivity index (χ1v) is 12.2.